The van der Waals surface area contributed by atoms with Crippen molar-refractivity contribution in [2.45, 2.75) is 79.3 Å². The van der Waals surface area contributed by atoms with E-state index in [1.165, 1.54) is 34.2 Å². The molecule has 8 rings (SSSR count). The molecule has 0 bridgehead atoms. The minimum Gasteiger partial charge on any atom is -0.356 e. The summed E-state index contributed by atoms with van der Waals surface area (Å²) >= 11 is 0. The average molecular weight is 853 g/mol. The molecule has 0 spiro atoms. The van der Waals surface area contributed by atoms with E-state index >= 15 is 0 Å². The van der Waals surface area contributed by atoms with Crippen LogP contribution in [0.5, 0.6) is 0 Å². The predicted octanol–water partition coefficient (Wildman–Crippen LogP) is 12.8. The maximum absolute atomic E-state index is 4.65. The van der Waals surface area contributed by atoms with Crippen LogP contribution < -0.4 is 19.8 Å². The summed E-state index contributed by atoms with van der Waals surface area (Å²) in [5.74, 6) is 1.65. The molecule has 2 N–H and O–H groups in total. The van der Waals surface area contributed by atoms with Crippen LogP contribution in [-0.4, -0.2) is 18.3 Å². The molecular weight excluding hydrogens is 793 g/mol. The summed E-state index contributed by atoms with van der Waals surface area (Å²) in [7, 11) is 4.02. The number of imidazole rings is 2. The molecule has 0 atom stereocenters. The van der Waals surface area contributed by atoms with E-state index in [9.17, 15) is 0 Å². The highest BCUT2D eigenvalue weighted by Crippen LogP contribution is 2.27. The van der Waals surface area contributed by atoms with Crippen molar-refractivity contribution >= 4 is 46.0 Å². The van der Waals surface area contributed by atoms with E-state index in [0.29, 0.717) is 0 Å². The zero-order valence-electron chi connectivity index (χ0n) is 38.0. The number of hydrogen-bond acceptors (Lipinski definition) is 6. The van der Waals surface area contributed by atoms with E-state index < -0.39 is 0 Å². The molecule has 0 aliphatic carbocycles. The molecule has 12 nitrogen and oxygen atoms in total. The van der Waals surface area contributed by atoms with Crippen molar-refractivity contribution in [1.29, 1.82) is 0 Å². The van der Waals surface area contributed by atoms with Crippen molar-refractivity contribution in [3.63, 3.8) is 0 Å². The van der Waals surface area contributed by atoms with Gasteiger partial charge in [0.25, 0.3) is 0 Å². The number of anilines is 4. The molecule has 0 radical (unpaired) electrons. The van der Waals surface area contributed by atoms with Crippen molar-refractivity contribution < 1.29 is 9.13 Å². The fourth-order valence-corrected chi connectivity index (χ4v) is 8.18. The maximum Gasteiger partial charge on any atom is 0.421 e. The molecule has 0 aliphatic rings. The zero-order chi connectivity index (χ0) is 44.4. The molecular formula is C52H60N12+2. The largest absolute Gasteiger partial charge is 0.421 e. The van der Waals surface area contributed by atoms with Crippen LogP contribution in [0.3, 0.4) is 0 Å². The predicted molar refractivity (Wildman–Crippen MR) is 257 cm³/mol. The second-order valence-corrected chi connectivity index (χ2v) is 16.4. The summed E-state index contributed by atoms with van der Waals surface area (Å²) in [5, 5.41) is 25.5. The minimum atomic E-state index is 0.804. The molecule has 0 unspecified atom stereocenters. The Kier molecular flexibility index (Phi) is 13.7. The lowest BCUT2D eigenvalue weighted by Gasteiger charge is -2.12. The molecule has 8 aromatic rings. The van der Waals surface area contributed by atoms with Crippen LogP contribution in [0.25, 0.3) is 11.4 Å². The first-order valence-electron chi connectivity index (χ1n) is 22.5. The molecule has 4 heterocycles. The van der Waals surface area contributed by atoms with Gasteiger partial charge in [-0.2, -0.15) is 0 Å². The molecule has 0 aliphatic heterocycles. The third-order valence-electron chi connectivity index (χ3n) is 11.7. The summed E-state index contributed by atoms with van der Waals surface area (Å²) in [6.07, 6.45) is 14.6. The lowest BCUT2D eigenvalue weighted by Crippen LogP contribution is -2.25. The molecule has 12 heteroatoms. The quantitative estimate of drug-likeness (QED) is 0.0481. The number of azo groups is 2. The Morgan fingerprint density at radius 2 is 0.797 bits per heavy atom. The Labute approximate surface area is 376 Å². The lowest BCUT2D eigenvalue weighted by molar-refractivity contribution is -0.657. The maximum atomic E-state index is 4.65. The fourth-order valence-electron chi connectivity index (χ4n) is 8.18. The number of aryl methyl sites for hydroxylation is 8. The number of aromatic nitrogens is 6. The van der Waals surface area contributed by atoms with Gasteiger partial charge in [-0.15, -0.1) is 0 Å². The van der Waals surface area contributed by atoms with E-state index in [-0.39, 0.29) is 0 Å². The molecule has 4 aromatic heterocycles. The van der Waals surface area contributed by atoms with Gasteiger partial charge in [0.05, 0.1) is 52.0 Å². The van der Waals surface area contributed by atoms with E-state index in [4.69, 9.17) is 0 Å². The van der Waals surface area contributed by atoms with Crippen LogP contribution in [0.15, 0.2) is 167 Å². The number of nitrogens with zero attached hydrogens (tertiary/aromatic N) is 10. The number of nitrogens with one attached hydrogen (secondary N) is 2. The summed E-state index contributed by atoms with van der Waals surface area (Å²) in [4.78, 5) is 0. The Bertz CT molecular complexity index is 2620. The highest BCUT2D eigenvalue weighted by atomic mass is 15.3. The van der Waals surface area contributed by atoms with Gasteiger partial charge in [0, 0.05) is 67.1 Å². The minimum absolute atomic E-state index is 0.804. The molecule has 4 aromatic carbocycles. The van der Waals surface area contributed by atoms with E-state index in [1.54, 1.807) is 0 Å². The van der Waals surface area contributed by atoms with Gasteiger partial charge < -0.3 is 19.8 Å². The first-order chi connectivity index (χ1) is 31.3. The molecule has 0 saturated heterocycles. The molecule has 0 fully saturated rings. The number of rotatable bonds is 19. The highest BCUT2D eigenvalue weighted by molar-refractivity contribution is 5.64. The second-order valence-electron chi connectivity index (χ2n) is 16.4. The van der Waals surface area contributed by atoms with Gasteiger partial charge in [0.2, 0.25) is 0 Å². The van der Waals surface area contributed by atoms with Crippen LogP contribution in [-0.2, 0) is 40.0 Å². The molecule has 64 heavy (non-hydrogen) atoms. The zero-order valence-corrected chi connectivity index (χ0v) is 38.0. The molecule has 0 saturated carbocycles. The van der Waals surface area contributed by atoms with Crippen LogP contribution in [0, 0.1) is 13.8 Å². The SMILES string of the molecule is CCc1ccc(C)n1-c1ccc(Nc2ccc(N=Nc3n(CCCCCCn4cc[n+](C)c4N=Nc4ccc(Nc5ccc(-n6c(C)ccc6CC)cc5)cc4)cc[n+]3C)cc2)cc1. The Balaban J connectivity index is 0.773. The molecule has 0 amide bonds. The third kappa shape index (κ3) is 10.3. The van der Waals surface area contributed by atoms with Crippen molar-refractivity contribution in [1.82, 2.24) is 18.3 Å². The van der Waals surface area contributed by atoms with Crippen LogP contribution in [0.4, 0.5) is 46.0 Å². The monoisotopic (exact) mass is 853 g/mol. The van der Waals surface area contributed by atoms with E-state index in [0.717, 1.165) is 97.6 Å². The Hall–Kier alpha value is -7.34. The summed E-state index contributed by atoms with van der Waals surface area (Å²) < 4.78 is 13.0. The smallest absolute Gasteiger partial charge is 0.356 e. The summed E-state index contributed by atoms with van der Waals surface area (Å²) in [5.41, 5.74) is 13.1. The topological polar surface area (TPSA) is 101 Å². The standard InChI is InChI=1S/C52H58N12/c1-7-47-27-13-39(3)63(47)49-29-23-43(24-30-49)53-41-15-19-45(20-16-41)55-57-51-59(5)35-37-61(51)33-11-9-10-12-34-62-38-36-60(6)52(62)58-56-46-21-17-42(18-22-46)54-44-25-31-50(32-26-44)64-40(4)14-28-48(64)8-2/h13-32,35-38H,7-12,33-34H2,1-6H3/p+2. The van der Waals surface area contributed by atoms with Gasteiger partial charge >= 0.3 is 11.9 Å². The van der Waals surface area contributed by atoms with E-state index in [2.05, 4.69) is 162 Å². The Morgan fingerprint density at radius 3 is 1.16 bits per heavy atom. The van der Waals surface area contributed by atoms with Gasteiger partial charge in [-0.25, -0.2) is 18.3 Å². The van der Waals surface area contributed by atoms with Gasteiger partial charge in [-0.3, -0.25) is 0 Å². The average Bonchev–Trinajstić information content (AvgIpc) is 4.09. The van der Waals surface area contributed by atoms with Gasteiger partial charge in [0.1, 0.15) is 11.4 Å². The Morgan fingerprint density at radius 1 is 0.438 bits per heavy atom. The van der Waals surface area contributed by atoms with Crippen molar-refractivity contribution in [3.8, 4) is 11.4 Å². The van der Waals surface area contributed by atoms with Gasteiger partial charge in [-0.05, 0) is 161 Å². The second kappa shape index (κ2) is 20.2. The molecule has 326 valence electrons. The van der Waals surface area contributed by atoms with Gasteiger partial charge in [0.15, 0.2) is 0 Å². The van der Waals surface area contributed by atoms with Gasteiger partial charge in [-0.1, -0.05) is 36.9 Å². The lowest BCUT2D eigenvalue weighted by atomic mass is 10.2. The van der Waals surface area contributed by atoms with Crippen molar-refractivity contribution in [2.75, 3.05) is 10.6 Å². The third-order valence-corrected chi connectivity index (χ3v) is 11.7. The van der Waals surface area contributed by atoms with Crippen LogP contribution in [0.1, 0.15) is 62.3 Å². The summed E-state index contributed by atoms with van der Waals surface area (Å²) in [6.45, 7) is 10.4. The van der Waals surface area contributed by atoms with Crippen LogP contribution in [0.2, 0.25) is 0 Å². The van der Waals surface area contributed by atoms with Crippen molar-refractivity contribution in [2.24, 2.45) is 34.6 Å². The fraction of sp³-hybridized carbons (Fsp3) is 0.269. The summed E-state index contributed by atoms with van der Waals surface area (Å²) in [6, 6.07) is 42.0. The highest BCUT2D eigenvalue weighted by Gasteiger charge is 2.16. The number of benzene rings is 4. The number of hydrogen-bond donors (Lipinski definition) is 2. The number of unbranched alkanes of at least 4 members (excludes halogenated alkanes) is 3. The first-order valence-corrected chi connectivity index (χ1v) is 22.5. The van der Waals surface area contributed by atoms with Crippen molar-refractivity contribution in [3.05, 3.63) is 169 Å². The normalized spacial score (nSPS) is 11.7. The van der Waals surface area contributed by atoms with E-state index in [1.807, 2.05) is 84.2 Å². The first kappa shape index (κ1) is 43.3. The van der Waals surface area contributed by atoms with Crippen LogP contribution >= 0.6 is 0 Å².